The quantitative estimate of drug-likeness (QED) is 0.878. The summed E-state index contributed by atoms with van der Waals surface area (Å²) in [6.07, 6.45) is 0. The number of benzene rings is 1. The number of likely N-dealkylation sites (tertiary alicyclic amines) is 1. The Balaban J connectivity index is 1.46. The topological polar surface area (TPSA) is 21.8 Å². The zero-order chi connectivity index (χ0) is 13.9. The van der Waals surface area contributed by atoms with Gasteiger partial charge < -0.3 is 10.2 Å². The van der Waals surface area contributed by atoms with Gasteiger partial charge in [0.25, 0.3) is 0 Å². The maximum absolute atomic E-state index is 3.42. The van der Waals surface area contributed by atoms with Crippen molar-refractivity contribution in [3.8, 4) is 0 Å². The van der Waals surface area contributed by atoms with Gasteiger partial charge in [0.2, 0.25) is 0 Å². The highest BCUT2D eigenvalue weighted by Gasteiger charge is 2.31. The lowest BCUT2D eigenvalue weighted by atomic mass is 10.0. The minimum absolute atomic E-state index is 0.790. The van der Waals surface area contributed by atoms with Crippen LogP contribution in [0.15, 0.2) is 24.3 Å². The largest absolute Gasteiger partial charge is 0.378 e. The number of hydrogen-bond donors (Lipinski definition) is 1. The van der Waals surface area contributed by atoms with Gasteiger partial charge in [0.05, 0.1) is 0 Å². The van der Waals surface area contributed by atoms with E-state index in [0.717, 1.165) is 25.7 Å². The van der Waals surface area contributed by atoms with Gasteiger partial charge in [-0.05, 0) is 17.7 Å². The fourth-order valence-electron chi connectivity index (χ4n) is 3.11. The summed E-state index contributed by atoms with van der Waals surface area (Å²) >= 11 is 0. The Morgan fingerprint density at radius 3 is 2.35 bits per heavy atom. The van der Waals surface area contributed by atoms with Gasteiger partial charge in [-0.3, -0.25) is 9.80 Å². The average Bonchev–Trinajstić information content (AvgIpc) is 2.44. The fraction of sp³-hybridized carbons (Fsp3) is 0.625. The predicted molar refractivity (Wildman–Crippen MR) is 84.3 cm³/mol. The second-order valence-electron chi connectivity index (χ2n) is 6.19. The zero-order valence-corrected chi connectivity index (χ0v) is 12.7. The van der Waals surface area contributed by atoms with Crippen molar-refractivity contribution in [1.29, 1.82) is 0 Å². The van der Waals surface area contributed by atoms with Crippen LogP contribution in [0.3, 0.4) is 0 Å². The Morgan fingerprint density at radius 2 is 1.75 bits per heavy atom. The summed E-state index contributed by atoms with van der Waals surface area (Å²) in [4.78, 5) is 7.34. The van der Waals surface area contributed by atoms with E-state index in [1.807, 2.05) is 0 Å². The van der Waals surface area contributed by atoms with Crippen LogP contribution in [0, 0.1) is 0 Å². The van der Waals surface area contributed by atoms with Crippen LogP contribution in [0.25, 0.3) is 0 Å². The van der Waals surface area contributed by atoms with Crippen molar-refractivity contribution in [2.24, 2.45) is 0 Å². The third-order valence-corrected chi connectivity index (χ3v) is 4.46. The molecule has 4 heteroatoms. The first-order chi connectivity index (χ1) is 9.72. The number of hydrogen-bond acceptors (Lipinski definition) is 4. The molecule has 4 nitrogen and oxygen atoms in total. The van der Waals surface area contributed by atoms with Crippen molar-refractivity contribution in [3.05, 3.63) is 29.8 Å². The van der Waals surface area contributed by atoms with Gasteiger partial charge in [-0.25, -0.2) is 0 Å². The number of nitrogens with zero attached hydrogens (tertiary/aromatic N) is 3. The van der Waals surface area contributed by atoms with Crippen LogP contribution in [-0.2, 0) is 6.54 Å². The highest BCUT2D eigenvalue weighted by molar-refractivity contribution is 5.45. The average molecular weight is 274 g/mol. The van der Waals surface area contributed by atoms with Gasteiger partial charge in [0.15, 0.2) is 0 Å². The van der Waals surface area contributed by atoms with Crippen molar-refractivity contribution < 1.29 is 0 Å². The number of nitrogens with one attached hydrogen (secondary N) is 1. The molecule has 1 N–H and O–H groups in total. The van der Waals surface area contributed by atoms with E-state index in [2.05, 4.69) is 58.4 Å². The molecule has 0 saturated carbocycles. The summed E-state index contributed by atoms with van der Waals surface area (Å²) < 4.78 is 0. The van der Waals surface area contributed by atoms with E-state index >= 15 is 0 Å². The lowest BCUT2D eigenvalue weighted by Crippen LogP contribution is -2.62. The van der Waals surface area contributed by atoms with E-state index in [-0.39, 0.29) is 0 Å². The van der Waals surface area contributed by atoms with Gasteiger partial charge >= 0.3 is 0 Å². The van der Waals surface area contributed by atoms with E-state index in [1.165, 1.54) is 37.4 Å². The molecule has 2 aliphatic rings. The molecule has 0 spiro atoms. The molecule has 3 rings (SSSR count). The second kappa shape index (κ2) is 6.12. The molecule has 20 heavy (non-hydrogen) atoms. The van der Waals surface area contributed by atoms with E-state index in [0.29, 0.717) is 0 Å². The monoisotopic (exact) mass is 274 g/mol. The molecule has 0 unspecified atom stereocenters. The Kier molecular flexibility index (Phi) is 4.24. The van der Waals surface area contributed by atoms with Crippen molar-refractivity contribution in [3.63, 3.8) is 0 Å². The SMILES string of the molecule is CN(C)c1ccc(CN2CC(N3CCNCC3)C2)cc1. The molecule has 0 aliphatic carbocycles. The molecule has 2 saturated heterocycles. The molecule has 0 atom stereocenters. The third-order valence-electron chi connectivity index (χ3n) is 4.46. The van der Waals surface area contributed by atoms with Crippen LogP contribution >= 0.6 is 0 Å². The Morgan fingerprint density at radius 1 is 1.10 bits per heavy atom. The molecular weight excluding hydrogens is 248 g/mol. The number of anilines is 1. The summed E-state index contributed by atoms with van der Waals surface area (Å²) in [5, 5.41) is 3.42. The van der Waals surface area contributed by atoms with Crippen LogP contribution < -0.4 is 10.2 Å². The molecule has 0 bridgehead atoms. The molecule has 1 aromatic rings. The summed E-state index contributed by atoms with van der Waals surface area (Å²) in [6, 6.07) is 9.73. The maximum atomic E-state index is 3.42. The summed E-state index contributed by atoms with van der Waals surface area (Å²) in [7, 11) is 4.17. The second-order valence-corrected chi connectivity index (χ2v) is 6.19. The standard InChI is InChI=1S/C16H26N4/c1-18(2)15-5-3-14(4-6-15)11-19-12-16(13-19)20-9-7-17-8-10-20/h3-6,16-17H,7-13H2,1-2H3. The lowest BCUT2D eigenvalue weighted by molar-refractivity contribution is 0.0223. The summed E-state index contributed by atoms with van der Waals surface area (Å²) in [6.45, 7) is 8.30. The van der Waals surface area contributed by atoms with Gasteiger partial charge in [-0.15, -0.1) is 0 Å². The highest BCUT2D eigenvalue weighted by Crippen LogP contribution is 2.20. The van der Waals surface area contributed by atoms with Crippen molar-refractivity contribution in [2.75, 3.05) is 58.3 Å². The smallest absolute Gasteiger partial charge is 0.0361 e. The number of piperazine rings is 1. The first-order valence-corrected chi connectivity index (χ1v) is 7.66. The molecule has 2 heterocycles. The lowest BCUT2D eigenvalue weighted by Gasteiger charge is -2.47. The minimum atomic E-state index is 0.790. The first-order valence-electron chi connectivity index (χ1n) is 7.66. The molecular formula is C16H26N4. The van der Waals surface area contributed by atoms with E-state index < -0.39 is 0 Å². The van der Waals surface area contributed by atoms with Crippen LogP contribution in [0.4, 0.5) is 5.69 Å². The van der Waals surface area contributed by atoms with Crippen molar-refractivity contribution in [2.45, 2.75) is 12.6 Å². The molecule has 2 aliphatic heterocycles. The maximum Gasteiger partial charge on any atom is 0.0361 e. The van der Waals surface area contributed by atoms with Gasteiger partial charge in [-0.2, -0.15) is 0 Å². The fourth-order valence-corrected chi connectivity index (χ4v) is 3.11. The van der Waals surface area contributed by atoms with Crippen LogP contribution in [-0.4, -0.2) is 69.2 Å². The Labute approximate surface area is 122 Å². The van der Waals surface area contributed by atoms with Crippen LogP contribution in [0.1, 0.15) is 5.56 Å². The zero-order valence-electron chi connectivity index (χ0n) is 12.7. The van der Waals surface area contributed by atoms with E-state index in [4.69, 9.17) is 0 Å². The van der Waals surface area contributed by atoms with E-state index in [1.54, 1.807) is 0 Å². The molecule has 2 fully saturated rings. The molecule has 1 aromatic carbocycles. The Hall–Kier alpha value is -1.10. The molecule has 110 valence electrons. The van der Waals surface area contributed by atoms with Gasteiger partial charge in [0, 0.05) is 71.6 Å². The van der Waals surface area contributed by atoms with Crippen molar-refractivity contribution >= 4 is 5.69 Å². The number of rotatable bonds is 4. The highest BCUT2D eigenvalue weighted by atomic mass is 15.3. The van der Waals surface area contributed by atoms with Crippen LogP contribution in [0.2, 0.25) is 0 Å². The van der Waals surface area contributed by atoms with Crippen molar-refractivity contribution in [1.82, 2.24) is 15.1 Å². The van der Waals surface area contributed by atoms with Crippen LogP contribution in [0.5, 0.6) is 0 Å². The first kappa shape index (κ1) is 13.9. The summed E-state index contributed by atoms with van der Waals surface area (Å²) in [5.41, 5.74) is 2.70. The third kappa shape index (κ3) is 3.14. The normalized spacial score (nSPS) is 21.7. The minimum Gasteiger partial charge on any atom is -0.378 e. The van der Waals surface area contributed by atoms with Gasteiger partial charge in [-0.1, -0.05) is 12.1 Å². The van der Waals surface area contributed by atoms with Gasteiger partial charge in [0.1, 0.15) is 0 Å². The molecule has 0 aromatic heterocycles. The molecule has 0 radical (unpaired) electrons. The predicted octanol–water partition coefficient (Wildman–Crippen LogP) is 0.842. The summed E-state index contributed by atoms with van der Waals surface area (Å²) in [5.74, 6) is 0. The molecule has 0 amide bonds. The Bertz CT molecular complexity index is 417. The van der Waals surface area contributed by atoms with E-state index in [9.17, 15) is 0 Å².